The minimum Gasteiger partial charge on any atom is -0.494 e. The van der Waals surface area contributed by atoms with Crippen molar-refractivity contribution < 1.29 is 4.74 Å². The van der Waals surface area contributed by atoms with Gasteiger partial charge in [-0.3, -0.25) is 4.90 Å². The van der Waals surface area contributed by atoms with Crippen LogP contribution < -0.4 is 10.1 Å². The zero-order valence-electron chi connectivity index (χ0n) is 13.1. The number of rotatable bonds is 6. The lowest BCUT2D eigenvalue weighted by Gasteiger charge is -2.39. The Morgan fingerprint density at radius 3 is 2.55 bits per heavy atom. The van der Waals surface area contributed by atoms with Crippen molar-refractivity contribution in [2.24, 2.45) is 5.92 Å². The highest BCUT2D eigenvalue weighted by atomic mass is 16.5. The normalized spacial score (nSPS) is 19.6. The lowest BCUT2D eigenvalue weighted by atomic mass is 9.90. The molecule has 3 nitrogen and oxygen atoms in total. The molecule has 1 aromatic carbocycles. The minimum absolute atomic E-state index is 0.463. The van der Waals surface area contributed by atoms with E-state index in [-0.39, 0.29) is 0 Å². The lowest BCUT2D eigenvalue weighted by Crippen LogP contribution is -2.46. The Hall–Kier alpha value is -1.06. The number of nitrogens with one attached hydrogen (secondary N) is 1. The highest BCUT2D eigenvalue weighted by molar-refractivity contribution is 5.36. The smallest absolute Gasteiger partial charge is 0.124 e. The Morgan fingerprint density at radius 1 is 1.20 bits per heavy atom. The van der Waals surface area contributed by atoms with Crippen LogP contribution in [-0.4, -0.2) is 37.7 Å². The predicted octanol–water partition coefficient (Wildman–Crippen LogP) is 3.08. The van der Waals surface area contributed by atoms with Crippen molar-refractivity contribution in [1.82, 2.24) is 10.2 Å². The van der Waals surface area contributed by atoms with Crippen molar-refractivity contribution in [2.45, 2.75) is 33.2 Å². The molecule has 1 aliphatic heterocycles. The van der Waals surface area contributed by atoms with Crippen LogP contribution in [0.1, 0.15) is 38.8 Å². The van der Waals surface area contributed by atoms with Gasteiger partial charge in [0, 0.05) is 37.8 Å². The van der Waals surface area contributed by atoms with Crippen LogP contribution in [0.15, 0.2) is 24.3 Å². The molecule has 0 amide bonds. The summed E-state index contributed by atoms with van der Waals surface area (Å²) in [5.41, 5.74) is 1.35. The maximum absolute atomic E-state index is 5.86. The second kappa shape index (κ2) is 7.65. The molecule has 0 radical (unpaired) electrons. The van der Waals surface area contributed by atoms with E-state index in [2.05, 4.69) is 55.3 Å². The number of hydrogen-bond donors (Lipinski definition) is 1. The topological polar surface area (TPSA) is 24.5 Å². The molecule has 3 heteroatoms. The first-order chi connectivity index (χ1) is 9.77. The van der Waals surface area contributed by atoms with E-state index in [4.69, 9.17) is 4.74 Å². The fourth-order valence-corrected chi connectivity index (χ4v) is 3.06. The maximum atomic E-state index is 5.86. The van der Waals surface area contributed by atoms with Crippen LogP contribution in [0, 0.1) is 5.92 Å². The summed E-state index contributed by atoms with van der Waals surface area (Å²) in [4.78, 5) is 2.61. The Kier molecular flexibility index (Phi) is 5.86. The van der Waals surface area contributed by atoms with Crippen molar-refractivity contribution in [3.05, 3.63) is 29.8 Å². The molecule has 0 aliphatic carbocycles. The summed E-state index contributed by atoms with van der Waals surface area (Å²) >= 11 is 0. The van der Waals surface area contributed by atoms with Gasteiger partial charge in [-0.2, -0.15) is 0 Å². The Labute approximate surface area is 123 Å². The first-order valence-corrected chi connectivity index (χ1v) is 7.94. The van der Waals surface area contributed by atoms with E-state index in [0.29, 0.717) is 12.0 Å². The van der Waals surface area contributed by atoms with E-state index < -0.39 is 0 Å². The number of benzene rings is 1. The first kappa shape index (κ1) is 15.3. The molecule has 2 rings (SSSR count). The molecule has 2 atom stereocenters. The van der Waals surface area contributed by atoms with Crippen molar-refractivity contribution in [3.63, 3.8) is 0 Å². The van der Waals surface area contributed by atoms with Gasteiger partial charge in [0.05, 0.1) is 6.61 Å². The summed E-state index contributed by atoms with van der Waals surface area (Å²) in [6, 6.07) is 9.01. The van der Waals surface area contributed by atoms with E-state index >= 15 is 0 Å². The van der Waals surface area contributed by atoms with Gasteiger partial charge in [-0.25, -0.2) is 0 Å². The zero-order valence-corrected chi connectivity index (χ0v) is 13.1. The van der Waals surface area contributed by atoms with E-state index in [1.54, 1.807) is 0 Å². The molecule has 1 unspecified atom stereocenters. The molecular weight excluding hydrogens is 248 g/mol. The number of ether oxygens (including phenoxy) is 1. The third-order valence-corrected chi connectivity index (χ3v) is 4.27. The number of nitrogens with zero attached hydrogens (tertiary/aromatic N) is 1. The van der Waals surface area contributed by atoms with Gasteiger partial charge in [0.2, 0.25) is 0 Å². The van der Waals surface area contributed by atoms with Crippen LogP contribution in [0.3, 0.4) is 0 Å². The number of para-hydroxylation sites is 1. The molecular formula is C17H28N2O. The molecule has 1 heterocycles. The van der Waals surface area contributed by atoms with Crippen LogP contribution >= 0.6 is 0 Å². The SMILES string of the molecule is CCOc1ccccc1[C@H](C(C)CC)N1CCNCC1. The molecule has 1 saturated heterocycles. The fourth-order valence-electron chi connectivity index (χ4n) is 3.06. The molecule has 20 heavy (non-hydrogen) atoms. The Bertz CT molecular complexity index is 402. The Balaban J connectivity index is 2.30. The van der Waals surface area contributed by atoms with Crippen LogP contribution in [0.4, 0.5) is 0 Å². The summed E-state index contributed by atoms with van der Waals surface area (Å²) in [6.07, 6.45) is 1.19. The first-order valence-electron chi connectivity index (χ1n) is 7.94. The number of piperazine rings is 1. The van der Waals surface area contributed by atoms with Gasteiger partial charge in [-0.15, -0.1) is 0 Å². The molecule has 0 saturated carbocycles. The summed E-state index contributed by atoms with van der Waals surface area (Å²) < 4.78 is 5.86. The second-order valence-electron chi connectivity index (χ2n) is 5.59. The van der Waals surface area contributed by atoms with Crippen molar-refractivity contribution in [1.29, 1.82) is 0 Å². The minimum atomic E-state index is 0.463. The fraction of sp³-hybridized carbons (Fsp3) is 0.647. The van der Waals surface area contributed by atoms with Gasteiger partial charge in [-0.1, -0.05) is 38.5 Å². The van der Waals surface area contributed by atoms with Crippen molar-refractivity contribution >= 4 is 0 Å². The summed E-state index contributed by atoms with van der Waals surface area (Å²) in [5, 5.41) is 3.44. The third kappa shape index (κ3) is 3.53. The number of hydrogen-bond acceptors (Lipinski definition) is 3. The quantitative estimate of drug-likeness (QED) is 0.864. The van der Waals surface area contributed by atoms with Gasteiger partial charge in [0.1, 0.15) is 5.75 Å². The standard InChI is InChI=1S/C17H28N2O/c1-4-14(3)17(19-12-10-18-11-13-19)15-8-6-7-9-16(15)20-5-2/h6-9,14,17-18H,4-5,10-13H2,1-3H3/t14?,17-/m0/s1. The molecule has 1 fully saturated rings. The van der Waals surface area contributed by atoms with E-state index in [9.17, 15) is 0 Å². The van der Waals surface area contributed by atoms with Crippen LogP contribution in [-0.2, 0) is 0 Å². The van der Waals surface area contributed by atoms with Crippen LogP contribution in [0.5, 0.6) is 5.75 Å². The van der Waals surface area contributed by atoms with Crippen LogP contribution in [0.2, 0.25) is 0 Å². The molecule has 0 bridgehead atoms. The highest BCUT2D eigenvalue weighted by Gasteiger charge is 2.28. The summed E-state index contributed by atoms with van der Waals surface area (Å²) in [6.45, 7) is 11.8. The summed E-state index contributed by atoms with van der Waals surface area (Å²) in [5.74, 6) is 1.69. The third-order valence-electron chi connectivity index (χ3n) is 4.27. The Morgan fingerprint density at radius 2 is 1.90 bits per heavy atom. The largest absolute Gasteiger partial charge is 0.494 e. The van der Waals surface area contributed by atoms with Crippen LogP contribution in [0.25, 0.3) is 0 Å². The average Bonchev–Trinajstić information content (AvgIpc) is 2.50. The maximum Gasteiger partial charge on any atom is 0.124 e. The van der Waals surface area contributed by atoms with Gasteiger partial charge in [-0.05, 0) is 18.9 Å². The van der Waals surface area contributed by atoms with E-state index in [0.717, 1.165) is 38.5 Å². The molecule has 1 aromatic rings. The van der Waals surface area contributed by atoms with E-state index in [1.807, 2.05) is 0 Å². The zero-order chi connectivity index (χ0) is 14.4. The monoisotopic (exact) mass is 276 g/mol. The predicted molar refractivity (Wildman–Crippen MR) is 84.2 cm³/mol. The van der Waals surface area contributed by atoms with Gasteiger partial charge in [0.25, 0.3) is 0 Å². The second-order valence-corrected chi connectivity index (χ2v) is 5.59. The molecule has 0 aromatic heterocycles. The average molecular weight is 276 g/mol. The molecule has 1 N–H and O–H groups in total. The van der Waals surface area contributed by atoms with Gasteiger partial charge >= 0.3 is 0 Å². The van der Waals surface area contributed by atoms with Crippen molar-refractivity contribution in [3.8, 4) is 5.75 Å². The van der Waals surface area contributed by atoms with E-state index in [1.165, 1.54) is 12.0 Å². The van der Waals surface area contributed by atoms with Crippen molar-refractivity contribution in [2.75, 3.05) is 32.8 Å². The molecule has 1 aliphatic rings. The summed E-state index contributed by atoms with van der Waals surface area (Å²) in [7, 11) is 0. The highest BCUT2D eigenvalue weighted by Crippen LogP contribution is 2.36. The molecule has 112 valence electrons. The van der Waals surface area contributed by atoms with Gasteiger partial charge in [0.15, 0.2) is 0 Å². The lowest BCUT2D eigenvalue weighted by molar-refractivity contribution is 0.125. The molecule has 0 spiro atoms. The van der Waals surface area contributed by atoms with Gasteiger partial charge < -0.3 is 10.1 Å².